The third kappa shape index (κ3) is 5.62. The van der Waals surface area contributed by atoms with Gasteiger partial charge in [-0.15, -0.1) is 0 Å². The van der Waals surface area contributed by atoms with Crippen molar-refractivity contribution in [3.63, 3.8) is 0 Å². The van der Waals surface area contributed by atoms with Crippen molar-refractivity contribution in [2.45, 2.75) is 13.0 Å². The van der Waals surface area contributed by atoms with E-state index in [1.165, 1.54) is 31.2 Å². The van der Waals surface area contributed by atoms with E-state index < -0.39 is 30.4 Å². The van der Waals surface area contributed by atoms with Crippen molar-refractivity contribution in [3.05, 3.63) is 59.9 Å². The summed E-state index contributed by atoms with van der Waals surface area (Å²) in [7, 11) is 0. The van der Waals surface area contributed by atoms with Gasteiger partial charge in [0.05, 0.1) is 11.6 Å². The van der Waals surface area contributed by atoms with Crippen molar-refractivity contribution in [2.24, 2.45) is 0 Å². The molecule has 1 amide bonds. The molecular weight excluding hydrogens is 327 g/mol. The van der Waals surface area contributed by atoms with Gasteiger partial charge in [0, 0.05) is 5.69 Å². The molecular formula is C18H15FN2O4. The number of rotatable bonds is 6. The van der Waals surface area contributed by atoms with E-state index in [-0.39, 0.29) is 0 Å². The molecule has 0 aliphatic carbocycles. The van der Waals surface area contributed by atoms with Crippen LogP contribution in [-0.4, -0.2) is 24.6 Å². The van der Waals surface area contributed by atoms with Crippen molar-refractivity contribution in [1.82, 2.24) is 0 Å². The Hall–Kier alpha value is -3.40. The number of esters is 1. The first-order valence-electron chi connectivity index (χ1n) is 7.37. The zero-order valence-corrected chi connectivity index (χ0v) is 13.4. The first-order valence-corrected chi connectivity index (χ1v) is 7.37. The summed E-state index contributed by atoms with van der Waals surface area (Å²) in [6.07, 6.45) is -0.951. The molecule has 2 aromatic carbocycles. The predicted molar refractivity (Wildman–Crippen MR) is 87.2 cm³/mol. The van der Waals surface area contributed by atoms with Gasteiger partial charge < -0.3 is 14.8 Å². The maximum Gasteiger partial charge on any atom is 0.347 e. The molecule has 7 heteroatoms. The van der Waals surface area contributed by atoms with Gasteiger partial charge in [-0.2, -0.15) is 5.26 Å². The number of nitrogens with zero attached hydrogens (tertiary/aromatic N) is 1. The number of ether oxygens (including phenoxy) is 2. The van der Waals surface area contributed by atoms with Gasteiger partial charge >= 0.3 is 5.97 Å². The quantitative estimate of drug-likeness (QED) is 0.815. The number of hydrogen-bond acceptors (Lipinski definition) is 5. The highest BCUT2D eigenvalue weighted by atomic mass is 19.1. The molecule has 0 aliphatic rings. The minimum absolute atomic E-state index is 0.313. The van der Waals surface area contributed by atoms with E-state index in [9.17, 15) is 14.0 Å². The summed E-state index contributed by atoms with van der Waals surface area (Å²) in [6.45, 7) is 0.986. The van der Waals surface area contributed by atoms with E-state index in [4.69, 9.17) is 14.7 Å². The first kappa shape index (κ1) is 17.9. The van der Waals surface area contributed by atoms with Gasteiger partial charge in [0.25, 0.3) is 5.91 Å². The number of halogens is 1. The smallest absolute Gasteiger partial charge is 0.347 e. The molecule has 0 heterocycles. The Kier molecular flexibility index (Phi) is 6.07. The number of nitrogens with one attached hydrogen (secondary N) is 1. The number of nitriles is 1. The number of carbonyl (C=O) groups is 2. The van der Waals surface area contributed by atoms with Crippen molar-refractivity contribution in [1.29, 1.82) is 5.26 Å². The summed E-state index contributed by atoms with van der Waals surface area (Å²) in [4.78, 5) is 23.6. The minimum atomic E-state index is -0.951. The lowest BCUT2D eigenvalue weighted by Gasteiger charge is -2.14. The van der Waals surface area contributed by atoms with Crippen LogP contribution in [0.2, 0.25) is 0 Å². The van der Waals surface area contributed by atoms with E-state index in [0.717, 1.165) is 0 Å². The number of carbonyl (C=O) groups excluding carboxylic acids is 2. The molecule has 25 heavy (non-hydrogen) atoms. The highest BCUT2D eigenvalue weighted by molar-refractivity contribution is 5.93. The van der Waals surface area contributed by atoms with E-state index in [2.05, 4.69) is 5.32 Å². The molecule has 2 rings (SSSR count). The molecule has 1 N–H and O–H groups in total. The highest BCUT2D eigenvalue weighted by Crippen LogP contribution is 2.13. The SMILES string of the molecule is C[C@@H](Oc1ccc(F)cc1)C(=O)OCC(=O)Nc1ccc(C#N)cc1. The predicted octanol–water partition coefficient (Wildman–Crippen LogP) is 2.65. The van der Waals surface area contributed by atoms with Crippen LogP contribution in [0, 0.1) is 17.1 Å². The summed E-state index contributed by atoms with van der Waals surface area (Å²) in [5.74, 6) is -1.35. The fourth-order valence-corrected chi connectivity index (χ4v) is 1.84. The zero-order chi connectivity index (χ0) is 18.2. The maximum absolute atomic E-state index is 12.8. The Morgan fingerprint density at radius 1 is 1.16 bits per heavy atom. The van der Waals surface area contributed by atoms with Crippen molar-refractivity contribution < 1.29 is 23.5 Å². The summed E-state index contributed by atoms with van der Waals surface area (Å²) in [5, 5.41) is 11.2. The van der Waals surface area contributed by atoms with Crippen LogP contribution in [-0.2, 0) is 14.3 Å². The van der Waals surface area contributed by atoms with Crippen LogP contribution in [0.15, 0.2) is 48.5 Å². The van der Waals surface area contributed by atoms with Crippen molar-refractivity contribution >= 4 is 17.6 Å². The molecule has 0 fully saturated rings. The van der Waals surface area contributed by atoms with Gasteiger partial charge in [0.15, 0.2) is 12.7 Å². The van der Waals surface area contributed by atoms with Gasteiger partial charge in [-0.05, 0) is 55.5 Å². The van der Waals surface area contributed by atoms with E-state index >= 15 is 0 Å². The first-order chi connectivity index (χ1) is 12.0. The lowest BCUT2D eigenvalue weighted by molar-refractivity contribution is -0.153. The third-order valence-corrected chi connectivity index (χ3v) is 3.10. The molecule has 0 radical (unpaired) electrons. The summed E-state index contributed by atoms with van der Waals surface area (Å²) in [6, 6.07) is 13.4. The van der Waals surface area contributed by atoms with Crippen LogP contribution in [0.25, 0.3) is 0 Å². The molecule has 2 aromatic rings. The monoisotopic (exact) mass is 342 g/mol. The average Bonchev–Trinajstić information content (AvgIpc) is 2.62. The van der Waals surface area contributed by atoms with Crippen LogP contribution in [0.3, 0.4) is 0 Å². The molecule has 0 saturated carbocycles. The summed E-state index contributed by atoms with van der Waals surface area (Å²) in [5.41, 5.74) is 0.951. The Bertz CT molecular complexity index is 782. The van der Waals surface area contributed by atoms with Crippen LogP contribution < -0.4 is 10.1 Å². The molecule has 128 valence electrons. The molecule has 0 saturated heterocycles. The van der Waals surface area contributed by atoms with E-state index in [1.54, 1.807) is 24.3 Å². The Balaban J connectivity index is 1.78. The second-order valence-corrected chi connectivity index (χ2v) is 5.06. The van der Waals surface area contributed by atoms with Gasteiger partial charge in [0.1, 0.15) is 11.6 Å². The Morgan fingerprint density at radius 3 is 2.40 bits per heavy atom. The largest absolute Gasteiger partial charge is 0.479 e. The summed E-state index contributed by atoms with van der Waals surface area (Å²) < 4.78 is 23.0. The molecule has 0 unspecified atom stereocenters. The van der Waals surface area contributed by atoms with Gasteiger partial charge in [-0.3, -0.25) is 4.79 Å². The minimum Gasteiger partial charge on any atom is -0.479 e. The molecule has 0 aromatic heterocycles. The summed E-state index contributed by atoms with van der Waals surface area (Å²) >= 11 is 0. The molecule has 6 nitrogen and oxygen atoms in total. The van der Waals surface area contributed by atoms with Crippen LogP contribution in [0.4, 0.5) is 10.1 Å². The second-order valence-electron chi connectivity index (χ2n) is 5.06. The van der Waals surface area contributed by atoms with Crippen molar-refractivity contribution in [2.75, 3.05) is 11.9 Å². The Morgan fingerprint density at radius 2 is 1.80 bits per heavy atom. The fraction of sp³-hybridized carbons (Fsp3) is 0.167. The number of anilines is 1. The topological polar surface area (TPSA) is 88.4 Å². The third-order valence-electron chi connectivity index (χ3n) is 3.10. The normalized spacial score (nSPS) is 11.1. The van der Waals surface area contributed by atoms with E-state index in [0.29, 0.717) is 17.0 Å². The fourth-order valence-electron chi connectivity index (χ4n) is 1.84. The van der Waals surface area contributed by atoms with Crippen LogP contribution in [0.1, 0.15) is 12.5 Å². The van der Waals surface area contributed by atoms with Crippen LogP contribution in [0.5, 0.6) is 5.75 Å². The number of benzene rings is 2. The number of amides is 1. The molecule has 0 spiro atoms. The van der Waals surface area contributed by atoms with Crippen molar-refractivity contribution in [3.8, 4) is 11.8 Å². The van der Waals surface area contributed by atoms with E-state index in [1.807, 2.05) is 6.07 Å². The maximum atomic E-state index is 12.8. The van der Waals surface area contributed by atoms with Gasteiger partial charge in [-0.1, -0.05) is 0 Å². The number of hydrogen-bond donors (Lipinski definition) is 1. The molecule has 1 atom stereocenters. The zero-order valence-electron chi connectivity index (χ0n) is 13.4. The second kappa shape index (κ2) is 8.45. The lowest BCUT2D eigenvalue weighted by atomic mass is 10.2. The van der Waals surface area contributed by atoms with Gasteiger partial charge in [0.2, 0.25) is 0 Å². The molecule has 0 aliphatic heterocycles. The average molecular weight is 342 g/mol. The van der Waals surface area contributed by atoms with Gasteiger partial charge in [-0.25, -0.2) is 9.18 Å². The Labute approximate surface area is 143 Å². The molecule has 0 bridgehead atoms. The lowest BCUT2D eigenvalue weighted by Crippen LogP contribution is -2.29. The van der Waals surface area contributed by atoms with Crippen LogP contribution >= 0.6 is 0 Å². The standard InChI is InChI=1S/C18H15FN2O4/c1-12(25-16-8-4-14(19)5-9-16)18(23)24-11-17(22)21-15-6-2-13(10-20)3-7-15/h2-9,12H,11H2,1H3,(H,21,22)/t12-/m1/s1. The highest BCUT2D eigenvalue weighted by Gasteiger charge is 2.18.